The van der Waals surface area contributed by atoms with Gasteiger partial charge in [-0.2, -0.15) is 5.10 Å². The Kier molecular flexibility index (Phi) is 5.28. The zero-order valence-corrected chi connectivity index (χ0v) is 20.1. The van der Waals surface area contributed by atoms with Crippen molar-refractivity contribution in [3.63, 3.8) is 0 Å². The fourth-order valence-electron chi connectivity index (χ4n) is 4.81. The number of nitrogens with zero attached hydrogens (tertiary/aromatic N) is 9. The van der Waals surface area contributed by atoms with Crippen LogP contribution in [-0.4, -0.2) is 50.1 Å². The molecule has 5 heterocycles. The second-order valence-corrected chi connectivity index (χ2v) is 9.20. The quantitative estimate of drug-likeness (QED) is 0.404. The number of benzene rings is 1. The lowest BCUT2D eigenvalue weighted by Crippen LogP contribution is -2.32. The van der Waals surface area contributed by atoms with Crippen molar-refractivity contribution in [1.82, 2.24) is 44.1 Å². The van der Waals surface area contributed by atoms with E-state index in [-0.39, 0.29) is 6.04 Å². The van der Waals surface area contributed by atoms with Crippen molar-refractivity contribution in [3.05, 3.63) is 60.7 Å². The molecule has 0 radical (unpaired) electrons. The summed E-state index contributed by atoms with van der Waals surface area (Å²) in [5, 5.41) is 17.0. The Hall–Kier alpha value is -4.08. The van der Waals surface area contributed by atoms with E-state index in [4.69, 9.17) is 4.98 Å². The van der Waals surface area contributed by atoms with Crippen molar-refractivity contribution in [1.29, 1.82) is 0 Å². The third kappa shape index (κ3) is 3.74. The lowest BCUT2D eigenvalue weighted by atomic mass is 10.1. The highest BCUT2D eigenvalue weighted by Gasteiger charge is 2.26. The maximum Gasteiger partial charge on any atom is 0.165 e. The van der Waals surface area contributed by atoms with Gasteiger partial charge in [0.15, 0.2) is 17.0 Å². The summed E-state index contributed by atoms with van der Waals surface area (Å²) in [6.45, 7) is 7.96. The molecule has 10 heteroatoms. The molecule has 4 aromatic heterocycles. The SMILES string of the molecule is CCn1c(-c2cnn(-c3ccccc3)c2)nc2c(NC3CCc4nnc(C(C)C)n4C3)ncnc21. The molecule has 1 atom stereocenters. The average molecular weight is 469 g/mol. The van der Waals surface area contributed by atoms with Gasteiger partial charge in [-0.3, -0.25) is 0 Å². The monoisotopic (exact) mass is 468 g/mol. The van der Waals surface area contributed by atoms with Crippen LogP contribution in [0, 0.1) is 0 Å². The Balaban J connectivity index is 1.34. The highest BCUT2D eigenvalue weighted by atomic mass is 15.3. The molecule has 0 saturated heterocycles. The van der Waals surface area contributed by atoms with Crippen LogP contribution in [0.1, 0.15) is 44.8 Å². The van der Waals surface area contributed by atoms with Gasteiger partial charge in [0.2, 0.25) is 0 Å². The molecule has 1 unspecified atom stereocenters. The molecule has 1 N–H and O–H groups in total. The van der Waals surface area contributed by atoms with E-state index >= 15 is 0 Å². The number of para-hydroxylation sites is 1. The summed E-state index contributed by atoms with van der Waals surface area (Å²) in [5.41, 5.74) is 3.53. The number of aryl methyl sites for hydroxylation is 2. The standard InChI is InChI=1S/C25H28N10/c1-4-33-24(17-12-28-35(13-17)19-8-6-5-7-9-19)30-21-22(26-15-27-25(21)33)29-18-10-11-20-31-32-23(16(2)3)34(20)14-18/h5-9,12-13,15-16,18H,4,10-11,14H2,1-3H3,(H,26,27,29). The number of hydrogen-bond donors (Lipinski definition) is 1. The maximum atomic E-state index is 5.00. The van der Waals surface area contributed by atoms with Gasteiger partial charge in [0.1, 0.15) is 23.8 Å². The third-order valence-electron chi connectivity index (χ3n) is 6.54. The molecule has 10 nitrogen and oxygen atoms in total. The predicted octanol–water partition coefficient (Wildman–Crippen LogP) is 3.84. The molecule has 0 fully saturated rings. The zero-order valence-electron chi connectivity index (χ0n) is 20.1. The van der Waals surface area contributed by atoms with Gasteiger partial charge in [0.05, 0.1) is 17.4 Å². The number of nitrogens with one attached hydrogen (secondary N) is 1. The number of rotatable bonds is 6. The van der Waals surface area contributed by atoms with Gasteiger partial charge in [0, 0.05) is 37.7 Å². The molecule has 178 valence electrons. The van der Waals surface area contributed by atoms with Crippen LogP contribution in [0.5, 0.6) is 0 Å². The molecule has 6 rings (SSSR count). The van der Waals surface area contributed by atoms with Crippen LogP contribution < -0.4 is 5.32 Å². The van der Waals surface area contributed by atoms with Crippen molar-refractivity contribution in [2.75, 3.05) is 5.32 Å². The fourth-order valence-corrected chi connectivity index (χ4v) is 4.81. The van der Waals surface area contributed by atoms with Gasteiger partial charge in [-0.05, 0) is 25.5 Å². The van der Waals surface area contributed by atoms with E-state index in [2.05, 4.69) is 60.5 Å². The average Bonchev–Trinajstić information content (AvgIpc) is 3.61. The molecule has 1 aliphatic heterocycles. The van der Waals surface area contributed by atoms with Crippen molar-refractivity contribution in [3.8, 4) is 17.1 Å². The number of fused-ring (bicyclic) bond motifs is 2. The normalized spacial score (nSPS) is 15.6. The van der Waals surface area contributed by atoms with Gasteiger partial charge < -0.3 is 14.5 Å². The highest BCUT2D eigenvalue weighted by molar-refractivity contribution is 5.86. The molecule has 0 spiro atoms. The summed E-state index contributed by atoms with van der Waals surface area (Å²) >= 11 is 0. The van der Waals surface area contributed by atoms with Crippen LogP contribution in [0.4, 0.5) is 5.82 Å². The summed E-state index contributed by atoms with van der Waals surface area (Å²) in [6, 6.07) is 10.3. The summed E-state index contributed by atoms with van der Waals surface area (Å²) in [5.74, 6) is 4.02. The molecule has 0 amide bonds. The predicted molar refractivity (Wildman–Crippen MR) is 133 cm³/mol. The van der Waals surface area contributed by atoms with Crippen LogP contribution in [0.3, 0.4) is 0 Å². The first kappa shape index (κ1) is 21.5. The van der Waals surface area contributed by atoms with Crippen LogP contribution in [0.15, 0.2) is 49.1 Å². The van der Waals surface area contributed by atoms with Crippen molar-refractivity contribution < 1.29 is 0 Å². The summed E-state index contributed by atoms with van der Waals surface area (Å²) in [7, 11) is 0. The molecule has 0 bridgehead atoms. The van der Waals surface area contributed by atoms with E-state index in [9.17, 15) is 0 Å². The Labute approximate surface area is 203 Å². The van der Waals surface area contributed by atoms with Crippen LogP contribution in [-0.2, 0) is 19.5 Å². The van der Waals surface area contributed by atoms with E-state index in [1.165, 1.54) is 0 Å². The minimum Gasteiger partial charge on any atom is -0.364 e. The molecular weight excluding hydrogens is 440 g/mol. The van der Waals surface area contributed by atoms with Crippen molar-refractivity contribution in [2.45, 2.75) is 58.7 Å². The van der Waals surface area contributed by atoms with E-state index in [0.29, 0.717) is 5.92 Å². The summed E-state index contributed by atoms with van der Waals surface area (Å²) < 4.78 is 6.23. The maximum absolute atomic E-state index is 5.00. The number of imidazole rings is 1. The summed E-state index contributed by atoms with van der Waals surface area (Å²) in [6.07, 6.45) is 7.32. The van der Waals surface area contributed by atoms with Crippen LogP contribution >= 0.6 is 0 Å². The summed E-state index contributed by atoms with van der Waals surface area (Å²) in [4.78, 5) is 14.2. The lowest BCUT2D eigenvalue weighted by Gasteiger charge is -2.26. The Morgan fingerprint density at radius 1 is 1.11 bits per heavy atom. The molecule has 1 aromatic carbocycles. The van der Waals surface area contributed by atoms with Crippen LogP contribution in [0.2, 0.25) is 0 Å². The Bertz CT molecular complexity index is 1480. The largest absolute Gasteiger partial charge is 0.364 e. The lowest BCUT2D eigenvalue weighted by molar-refractivity contribution is 0.459. The van der Waals surface area contributed by atoms with E-state index in [1.54, 1.807) is 6.33 Å². The molecule has 0 aliphatic carbocycles. The van der Waals surface area contributed by atoms with E-state index in [1.807, 2.05) is 47.4 Å². The minimum absolute atomic E-state index is 0.213. The van der Waals surface area contributed by atoms with Crippen LogP contribution in [0.25, 0.3) is 28.2 Å². The minimum atomic E-state index is 0.213. The Morgan fingerprint density at radius 2 is 1.97 bits per heavy atom. The molecular formula is C25H28N10. The highest BCUT2D eigenvalue weighted by Crippen LogP contribution is 2.29. The van der Waals surface area contributed by atoms with Crippen molar-refractivity contribution in [2.24, 2.45) is 0 Å². The van der Waals surface area contributed by atoms with E-state index in [0.717, 1.165) is 71.6 Å². The molecule has 0 saturated carbocycles. The first-order valence-electron chi connectivity index (χ1n) is 12.1. The zero-order chi connectivity index (χ0) is 23.9. The molecule has 35 heavy (non-hydrogen) atoms. The number of hydrogen-bond acceptors (Lipinski definition) is 7. The third-order valence-corrected chi connectivity index (χ3v) is 6.54. The molecule has 1 aliphatic rings. The molecule has 5 aromatic rings. The number of anilines is 1. The van der Waals surface area contributed by atoms with Gasteiger partial charge in [-0.15, -0.1) is 10.2 Å². The van der Waals surface area contributed by atoms with Gasteiger partial charge in [-0.25, -0.2) is 19.6 Å². The van der Waals surface area contributed by atoms with Gasteiger partial charge in [-0.1, -0.05) is 32.0 Å². The Morgan fingerprint density at radius 3 is 2.77 bits per heavy atom. The van der Waals surface area contributed by atoms with Gasteiger partial charge in [0.25, 0.3) is 0 Å². The van der Waals surface area contributed by atoms with Crippen molar-refractivity contribution >= 4 is 17.0 Å². The van der Waals surface area contributed by atoms with Gasteiger partial charge >= 0.3 is 0 Å². The first-order valence-corrected chi connectivity index (χ1v) is 12.1. The number of aromatic nitrogens is 9. The second-order valence-electron chi connectivity index (χ2n) is 9.20. The fraction of sp³-hybridized carbons (Fsp3) is 0.360. The first-order chi connectivity index (χ1) is 17.1. The second kappa shape index (κ2) is 8.61. The smallest absolute Gasteiger partial charge is 0.165 e. The topological polar surface area (TPSA) is 104 Å². The van der Waals surface area contributed by atoms with E-state index < -0.39 is 0 Å².